The molecule has 6 nitrogen and oxygen atoms in total. The standard InChI is InChI=1S/C9H8Cl2N4O2/c10-6-2-1-3-7(11)8(6)13-9-12-4-5-14(9)15(16)17/h1-3H,4-5H2,(H,12,13). The molecule has 0 aliphatic carbocycles. The lowest BCUT2D eigenvalue weighted by Gasteiger charge is -2.13. The van der Waals surface area contributed by atoms with E-state index < -0.39 is 5.03 Å². The SMILES string of the molecule is O=[N+]([O-])N1CCN=C1Nc1c(Cl)cccc1Cl. The maximum Gasteiger partial charge on any atom is 0.262 e. The molecule has 1 N–H and O–H groups in total. The predicted octanol–water partition coefficient (Wildman–Crippen LogP) is 2.27. The second kappa shape index (κ2) is 4.77. The Labute approximate surface area is 107 Å². The van der Waals surface area contributed by atoms with Crippen molar-refractivity contribution >= 4 is 34.8 Å². The van der Waals surface area contributed by atoms with E-state index in [1.54, 1.807) is 18.2 Å². The van der Waals surface area contributed by atoms with E-state index in [0.29, 0.717) is 22.3 Å². The number of nitrogens with zero attached hydrogens (tertiary/aromatic N) is 3. The zero-order valence-corrected chi connectivity index (χ0v) is 10.1. The Morgan fingerprint density at radius 3 is 2.65 bits per heavy atom. The van der Waals surface area contributed by atoms with E-state index in [2.05, 4.69) is 10.3 Å². The van der Waals surface area contributed by atoms with Gasteiger partial charge in [-0.1, -0.05) is 34.3 Å². The van der Waals surface area contributed by atoms with E-state index in [9.17, 15) is 10.1 Å². The summed E-state index contributed by atoms with van der Waals surface area (Å²) in [6.07, 6.45) is 0. The van der Waals surface area contributed by atoms with Crippen molar-refractivity contribution in [3.8, 4) is 0 Å². The molecule has 0 aromatic heterocycles. The smallest absolute Gasteiger partial charge is 0.262 e. The van der Waals surface area contributed by atoms with Crippen molar-refractivity contribution in [3.05, 3.63) is 38.4 Å². The van der Waals surface area contributed by atoms with Crippen molar-refractivity contribution in [2.45, 2.75) is 0 Å². The largest absolute Gasteiger partial charge is 0.319 e. The number of benzene rings is 1. The van der Waals surface area contributed by atoms with E-state index in [1.807, 2.05) is 0 Å². The van der Waals surface area contributed by atoms with Gasteiger partial charge in [0, 0.05) is 0 Å². The van der Waals surface area contributed by atoms with Gasteiger partial charge < -0.3 is 5.32 Å². The Balaban J connectivity index is 2.24. The van der Waals surface area contributed by atoms with Gasteiger partial charge in [0.2, 0.25) is 0 Å². The Morgan fingerprint density at radius 1 is 1.41 bits per heavy atom. The number of nitro groups is 1. The van der Waals surface area contributed by atoms with Gasteiger partial charge in [-0.25, -0.2) is 15.1 Å². The van der Waals surface area contributed by atoms with E-state index in [-0.39, 0.29) is 12.5 Å². The van der Waals surface area contributed by atoms with Gasteiger partial charge in [-0.05, 0) is 12.1 Å². The molecule has 1 aromatic rings. The molecular formula is C9H8Cl2N4O2. The molecule has 90 valence electrons. The second-order valence-electron chi connectivity index (χ2n) is 3.29. The third-order valence-corrected chi connectivity index (χ3v) is 2.84. The van der Waals surface area contributed by atoms with Crippen LogP contribution in [0.25, 0.3) is 0 Å². The van der Waals surface area contributed by atoms with Crippen LogP contribution in [0.5, 0.6) is 0 Å². The summed E-state index contributed by atoms with van der Waals surface area (Å²) in [5.41, 5.74) is 0.420. The van der Waals surface area contributed by atoms with Gasteiger partial charge in [0.1, 0.15) is 6.54 Å². The zero-order valence-electron chi connectivity index (χ0n) is 8.56. The molecule has 0 saturated heterocycles. The minimum absolute atomic E-state index is 0.144. The fourth-order valence-corrected chi connectivity index (χ4v) is 1.92. The first-order chi connectivity index (χ1) is 8.09. The van der Waals surface area contributed by atoms with Gasteiger partial charge in [-0.15, -0.1) is 0 Å². The van der Waals surface area contributed by atoms with E-state index in [0.717, 1.165) is 5.01 Å². The molecule has 1 aliphatic rings. The third kappa shape index (κ3) is 2.42. The van der Waals surface area contributed by atoms with Gasteiger partial charge in [-0.3, -0.25) is 0 Å². The zero-order chi connectivity index (χ0) is 12.4. The lowest BCUT2D eigenvalue weighted by molar-refractivity contribution is -0.626. The number of nitrogens with one attached hydrogen (secondary N) is 1. The average molecular weight is 275 g/mol. The number of anilines is 1. The van der Waals surface area contributed by atoms with Crippen molar-refractivity contribution in [2.24, 2.45) is 4.99 Å². The van der Waals surface area contributed by atoms with Crippen LogP contribution in [0.4, 0.5) is 5.69 Å². The van der Waals surface area contributed by atoms with E-state index in [1.165, 1.54) is 0 Å². The van der Waals surface area contributed by atoms with E-state index in [4.69, 9.17) is 23.2 Å². The summed E-state index contributed by atoms with van der Waals surface area (Å²) in [6, 6.07) is 4.97. The molecule has 0 fully saturated rings. The van der Waals surface area contributed by atoms with Gasteiger partial charge in [-0.2, -0.15) is 0 Å². The second-order valence-corrected chi connectivity index (χ2v) is 4.10. The molecule has 8 heteroatoms. The Kier molecular flexibility index (Phi) is 3.35. The molecule has 0 unspecified atom stereocenters. The lowest BCUT2D eigenvalue weighted by atomic mass is 10.3. The Morgan fingerprint density at radius 2 is 2.06 bits per heavy atom. The van der Waals surface area contributed by atoms with E-state index >= 15 is 0 Å². The number of para-hydroxylation sites is 1. The normalized spacial score (nSPS) is 14.7. The van der Waals surface area contributed by atoms with Crippen LogP contribution in [0.2, 0.25) is 10.0 Å². The third-order valence-electron chi connectivity index (χ3n) is 2.21. The summed E-state index contributed by atoms with van der Waals surface area (Å²) in [5, 5.41) is 14.7. The first kappa shape index (κ1) is 11.9. The summed E-state index contributed by atoms with van der Waals surface area (Å²) in [7, 11) is 0. The van der Waals surface area contributed by atoms with Gasteiger partial charge in [0.05, 0.1) is 22.3 Å². The maximum absolute atomic E-state index is 10.7. The molecule has 0 spiro atoms. The summed E-state index contributed by atoms with van der Waals surface area (Å²) in [6.45, 7) is 0.600. The topological polar surface area (TPSA) is 70.8 Å². The summed E-state index contributed by atoms with van der Waals surface area (Å²) < 4.78 is 0. The van der Waals surface area contributed by atoms with Crippen LogP contribution >= 0.6 is 23.2 Å². The van der Waals surface area contributed by atoms with Crippen LogP contribution < -0.4 is 5.32 Å². The number of hydrogen-bond acceptors (Lipinski definition) is 4. The van der Waals surface area contributed by atoms with Gasteiger partial charge in [0.25, 0.3) is 5.96 Å². The molecule has 2 rings (SSSR count). The number of halogens is 2. The minimum Gasteiger partial charge on any atom is -0.319 e. The van der Waals surface area contributed by atoms with Crippen LogP contribution in [0.3, 0.4) is 0 Å². The van der Waals surface area contributed by atoms with Crippen molar-refractivity contribution in [3.63, 3.8) is 0 Å². The molecule has 1 aliphatic heterocycles. The monoisotopic (exact) mass is 274 g/mol. The molecule has 0 radical (unpaired) electrons. The molecule has 1 heterocycles. The number of hydrogen-bond donors (Lipinski definition) is 1. The predicted molar refractivity (Wildman–Crippen MR) is 66.1 cm³/mol. The Hall–Kier alpha value is -1.53. The first-order valence-corrected chi connectivity index (χ1v) is 5.52. The summed E-state index contributed by atoms with van der Waals surface area (Å²) in [4.78, 5) is 14.7. The highest BCUT2D eigenvalue weighted by atomic mass is 35.5. The minimum atomic E-state index is -0.524. The molecular weight excluding hydrogens is 267 g/mol. The molecule has 1 aromatic carbocycles. The van der Waals surface area contributed by atoms with Crippen LogP contribution in [-0.4, -0.2) is 29.1 Å². The molecule has 0 amide bonds. The fourth-order valence-electron chi connectivity index (χ4n) is 1.43. The van der Waals surface area contributed by atoms with Crippen molar-refractivity contribution in [2.75, 3.05) is 18.4 Å². The van der Waals surface area contributed by atoms with Crippen molar-refractivity contribution < 1.29 is 5.03 Å². The fraction of sp³-hybridized carbons (Fsp3) is 0.222. The number of aliphatic imine (C=N–C) groups is 1. The molecule has 0 bridgehead atoms. The van der Waals surface area contributed by atoms with Gasteiger partial charge in [0.15, 0.2) is 5.03 Å². The molecule has 17 heavy (non-hydrogen) atoms. The van der Waals surface area contributed by atoms with Crippen LogP contribution in [0.1, 0.15) is 0 Å². The number of hydrazine groups is 1. The quantitative estimate of drug-likeness (QED) is 0.664. The Bertz CT molecular complexity index is 472. The van der Waals surface area contributed by atoms with Crippen molar-refractivity contribution in [1.29, 1.82) is 0 Å². The molecule has 0 saturated carbocycles. The maximum atomic E-state index is 10.7. The van der Waals surface area contributed by atoms with Crippen LogP contribution in [-0.2, 0) is 0 Å². The average Bonchev–Trinajstić information content (AvgIpc) is 2.72. The first-order valence-electron chi connectivity index (χ1n) is 4.77. The summed E-state index contributed by atoms with van der Waals surface area (Å²) >= 11 is 11.9. The van der Waals surface area contributed by atoms with Crippen LogP contribution in [0, 0.1) is 10.1 Å². The molecule has 0 atom stereocenters. The summed E-state index contributed by atoms with van der Waals surface area (Å²) in [5.74, 6) is 0.144. The highest BCUT2D eigenvalue weighted by Gasteiger charge is 2.27. The number of rotatable bonds is 2. The highest BCUT2D eigenvalue weighted by molar-refractivity contribution is 6.39. The van der Waals surface area contributed by atoms with Gasteiger partial charge >= 0.3 is 0 Å². The van der Waals surface area contributed by atoms with Crippen molar-refractivity contribution in [1.82, 2.24) is 5.01 Å². The highest BCUT2D eigenvalue weighted by Crippen LogP contribution is 2.30. The van der Waals surface area contributed by atoms with Crippen LogP contribution in [0.15, 0.2) is 23.2 Å². The lowest BCUT2D eigenvalue weighted by Crippen LogP contribution is -2.37. The number of guanidine groups is 1.